The van der Waals surface area contributed by atoms with Crippen molar-refractivity contribution in [1.29, 1.82) is 0 Å². The zero-order valence-electron chi connectivity index (χ0n) is 12.4. The average Bonchev–Trinajstić information content (AvgIpc) is 3.02. The number of nitrogens with one attached hydrogen (secondary N) is 2. The van der Waals surface area contributed by atoms with Crippen molar-refractivity contribution < 1.29 is 0 Å². The van der Waals surface area contributed by atoms with Crippen LogP contribution in [0.2, 0.25) is 0 Å². The summed E-state index contributed by atoms with van der Waals surface area (Å²) in [5.74, 6) is 0.947. The van der Waals surface area contributed by atoms with Gasteiger partial charge in [0.2, 0.25) is 0 Å². The van der Waals surface area contributed by atoms with Crippen LogP contribution in [-0.4, -0.2) is 21.5 Å². The highest BCUT2D eigenvalue weighted by Crippen LogP contribution is 2.23. The quantitative estimate of drug-likeness (QED) is 0.753. The number of aromatic amines is 1. The zero-order valence-corrected chi connectivity index (χ0v) is 12.4. The Bertz CT molecular complexity index is 719. The molecule has 0 amide bonds. The summed E-state index contributed by atoms with van der Waals surface area (Å²) in [5, 5.41) is 4.71. The van der Waals surface area contributed by atoms with Gasteiger partial charge in [0, 0.05) is 23.5 Å². The molecule has 1 unspecified atom stereocenters. The molecule has 3 aromatic rings. The Balaban J connectivity index is 2.00. The van der Waals surface area contributed by atoms with Crippen molar-refractivity contribution in [3.05, 3.63) is 59.8 Å². The van der Waals surface area contributed by atoms with Crippen LogP contribution in [0.1, 0.15) is 36.5 Å². The Morgan fingerprint density at radius 2 is 2.14 bits per heavy atom. The molecule has 0 radical (unpaired) electrons. The fourth-order valence-corrected chi connectivity index (χ4v) is 2.52. The second-order valence-corrected chi connectivity index (χ2v) is 5.27. The highest BCUT2D eigenvalue weighted by atomic mass is 15.0. The van der Waals surface area contributed by atoms with Crippen LogP contribution < -0.4 is 5.32 Å². The van der Waals surface area contributed by atoms with Crippen LogP contribution in [0.25, 0.3) is 10.9 Å². The molecule has 0 bridgehead atoms. The van der Waals surface area contributed by atoms with Gasteiger partial charge in [0.25, 0.3) is 0 Å². The van der Waals surface area contributed by atoms with Gasteiger partial charge < -0.3 is 10.3 Å². The third kappa shape index (κ3) is 2.95. The van der Waals surface area contributed by atoms with E-state index < -0.39 is 0 Å². The van der Waals surface area contributed by atoms with Crippen LogP contribution in [0.4, 0.5) is 0 Å². The van der Waals surface area contributed by atoms with Crippen molar-refractivity contribution in [1.82, 2.24) is 20.3 Å². The molecule has 0 aliphatic heterocycles. The van der Waals surface area contributed by atoms with Gasteiger partial charge in [-0.05, 0) is 43.7 Å². The number of aryl methyl sites for hydroxylation is 1. The number of nitrogens with zero attached hydrogens (tertiary/aromatic N) is 2. The van der Waals surface area contributed by atoms with Crippen LogP contribution in [0.5, 0.6) is 0 Å². The molecule has 1 aromatic carbocycles. The summed E-state index contributed by atoms with van der Waals surface area (Å²) in [6, 6.07) is 10.7. The summed E-state index contributed by atoms with van der Waals surface area (Å²) < 4.78 is 0. The molecule has 0 fully saturated rings. The highest BCUT2D eigenvalue weighted by molar-refractivity contribution is 5.79. The summed E-state index contributed by atoms with van der Waals surface area (Å²) in [7, 11) is 0. The third-order valence-corrected chi connectivity index (χ3v) is 3.58. The first-order valence-corrected chi connectivity index (χ1v) is 7.38. The maximum atomic E-state index is 4.56. The van der Waals surface area contributed by atoms with Gasteiger partial charge in [0.05, 0.1) is 11.6 Å². The lowest BCUT2D eigenvalue weighted by atomic mass is 10.0. The number of benzene rings is 1. The number of hydrogen-bond acceptors (Lipinski definition) is 3. The van der Waals surface area contributed by atoms with Crippen LogP contribution in [0, 0.1) is 6.92 Å². The third-order valence-electron chi connectivity index (χ3n) is 3.58. The van der Waals surface area contributed by atoms with Crippen molar-refractivity contribution >= 4 is 10.9 Å². The standard InChI is InChI=1S/C17H20N4/c1-3-8-18-16(17-19-9-10-20-17)14-6-7-15-13(11-14)5-4-12(2)21-15/h4-7,9-11,16,18H,3,8H2,1-2H3,(H,19,20). The second-order valence-electron chi connectivity index (χ2n) is 5.27. The molecule has 108 valence electrons. The number of H-pyrrole nitrogens is 1. The van der Waals surface area contributed by atoms with E-state index in [-0.39, 0.29) is 6.04 Å². The number of aromatic nitrogens is 3. The molecular weight excluding hydrogens is 260 g/mol. The molecule has 4 nitrogen and oxygen atoms in total. The van der Waals surface area contributed by atoms with E-state index in [0.717, 1.165) is 35.4 Å². The van der Waals surface area contributed by atoms with E-state index in [2.05, 4.69) is 51.5 Å². The minimum atomic E-state index is 0.0886. The highest BCUT2D eigenvalue weighted by Gasteiger charge is 2.16. The topological polar surface area (TPSA) is 53.6 Å². The molecule has 4 heteroatoms. The SMILES string of the molecule is CCCNC(c1ccc2nc(C)ccc2c1)c1ncc[nH]1. The van der Waals surface area contributed by atoms with E-state index in [1.807, 2.05) is 19.2 Å². The van der Waals surface area contributed by atoms with Gasteiger partial charge in [-0.3, -0.25) is 4.98 Å². The van der Waals surface area contributed by atoms with Crippen molar-refractivity contribution in [3.63, 3.8) is 0 Å². The maximum absolute atomic E-state index is 4.56. The molecule has 2 N–H and O–H groups in total. The number of fused-ring (bicyclic) bond motifs is 1. The molecule has 1 atom stereocenters. The van der Waals surface area contributed by atoms with Crippen molar-refractivity contribution in [3.8, 4) is 0 Å². The van der Waals surface area contributed by atoms with Gasteiger partial charge in [-0.25, -0.2) is 4.98 Å². The van der Waals surface area contributed by atoms with Gasteiger partial charge in [-0.15, -0.1) is 0 Å². The van der Waals surface area contributed by atoms with Crippen LogP contribution >= 0.6 is 0 Å². The van der Waals surface area contributed by atoms with Crippen LogP contribution in [0.15, 0.2) is 42.7 Å². The number of rotatable bonds is 5. The monoisotopic (exact) mass is 280 g/mol. The molecule has 0 spiro atoms. The molecule has 0 aliphatic rings. The molecule has 21 heavy (non-hydrogen) atoms. The lowest BCUT2D eigenvalue weighted by Gasteiger charge is -2.17. The van der Waals surface area contributed by atoms with E-state index in [0.29, 0.717) is 0 Å². The first-order chi connectivity index (χ1) is 10.3. The van der Waals surface area contributed by atoms with E-state index in [9.17, 15) is 0 Å². The predicted molar refractivity (Wildman–Crippen MR) is 85.2 cm³/mol. The zero-order chi connectivity index (χ0) is 14.7. The minimum Gasteiger partial charge on any atom is -0.347 e. The van der Waals surface area contributed by atoms with Gasteiger partial charge >= 0.3 is 0 Å². The van der Waals surface area contributed by atoms with Gasteiger partial charge in [-0.1, -0.05) is 19.1 Å². The first-order valence-electron chi connectivity index (χ1n) is 7.38. The first kappa shape index (κ1) is 13.8. The number of pyridine rings is 1. The van der Waals surface area contributed by atoms with Gasteiger partial charge in [0.1, 0.15) is 5.82 Å². The minimum absolute atomic E-state index is 0.0886. The lowest BCUT2D eigenvalue weighted by Crippen LogP contribution is -2.24. The molecule has 0 saturated carbocycles. The molecule has 0 saturated heterocycles. The number of hydrogen-bond donors (Lipinski definition) is 2. The smallest absolute Gasteiger partial charge is 0.127 e. The molecular formula is C17H20N4. The molecule has 2 aromatic heterocycles. The Morgan fingerprint density at radius 1 is 1.24 bits per heavy atom. The summed E-state index contributed by atoms with van der Waals surface area (Å²) >= 11 is 0. The molecule has 2 heterocycles. The summed E-state index contributed by atoms with van der Waals surface area (Å²) in [6.07, 6.45) is 4.75. The second kappa shape index (κ2) is 6.06. The largest absolute Gasteiger partial charge is 0.347 e. The Kier molecular flexibility index (Phi) is 3.97. The Morgan fingerprint density at radius 3 is 2.90 bits per heavy atom. The normalized spacial score (nSPS) is 12.7. The van der Waals surface area contributed by atoms with E-state index in [4.69, 9.17) is 0 Å². The van der Waals surface area contributed by atoms with E-state index in [1.165, 1.54) is 5.56 Å². The van der Waals surface area contributed by atoms with E-state index >= 15 is 0 Å². The summed E-state index contributed by atoms with van der Waals surface area (Å²) in [6.45, 7) is 5.14. The summed E-state index contributed by atoms with van der Waals surface area (Å²) in [4.78, 5) is 12.2. The Labute approximate surface area is 124 Å². The maximum Gasteiger partial charge on any atom is 0.127 e. The average molecular weight is 280 g/mol. The lowest BCUT2D eigenvalue weighted by molar-refractivity contribution is 0.577. The summed E-state index contributed by atoms with van der Waals surface area (Å²) in [5.41, 5.74) is 3.28. The molecule has 3 rings (SSSR count). The van der Waals surface area contributed by atoms with E-state index in [1.54, 1.807) is 6.20 Å². The van der Waals surface area contributed by atoms with Gasteiger partial charge in [-0.2, -0.15) is 0 Å². The van der Waals surface area contributed by atoms with Crippen molar-refractivity contribution in [2.24, 2.45) is 0 Å². The van der Waals surface area contributed by atoms with Crippen LogP contribution in [-0.2, 0) is 0 Å². The fourth-order valence-electron chi connectivity index (χ4n) is 2.52. The predicted octanol–water partition coefficient (Wildman–Crippen LogP) is 3.36. The molecule has 0 aliphatic carbocycles. The van der Waals surface area contributed by atoms with Crippen LogP contribution in [0.3, 0.4) is 0 Å². The fraction of sp³-hybridized carbons (Fsp3) is 0.294. The van der Waals surface area contributed by atoms with Crippen molar-refractivity contribution in [2.75, 3.05) is 6.54 Å². The number of imidazole rings is 1. The van der Waals surface area contributed by atoms with Gasteiger partial charge in [0.15, 0.2) is 0 Å². The Hall–Kier alpha value is -2.20. The van der Waals surface area contributed by atoms with Crippen molar-refractivity contribution in [2.45, 2.75) is 26.3 Å².